The third-order valence-corrected chi connectivity index (χ3v) is 3.38. The lowest BCUT2D eigenvalue weighted by atomic mass is 10.2. The van der Waals surface area contributed by atoms with Crippen molar-refractivity contribution in [1.82, 2.24) is 0 Å². The second-order valence-electron chi connectivity index (χ2n) is 5.00. The molecule has 0 aromatic heterocycles. The van der Waals surface area contributed by atoms with Crippen molar-refractivity contribution in [2.75, 3.05) is 6.61 Å². The molecule has 0 bridgehead atoms. The van der Waals surface area contributed by atoms with E-state index >= 15 is 0 Å². The molecule has 0 aliphatic heterocycles. The van der Waals surface area contributed by atoms with E-state index in [0.717, 1.165) is 11.3 Å². The van der Waals surface area contributed by atoms with E-state index in [1.807, 2.05) is 36.4 Å². The van der Waals surface area contributed by atoms with Gasteiger partial charge in [0.2, 0.25) is 5.91 Å². The van der Waals surface area contributed by atoms with Crippen molar-refractivity contribution in [3.8, 4) is 11.5 Å². The first-order valence-electron chi connectivity index (χ1n) is 6.94. The van der Waals surface area contributed by atoms with Gasteiger partial charge in [-0.2, -0.15) is 0 Å². The zero-order chi connectivity index (χ0) is 15.9. The summed E-state index contributed by atoms with van der Waals surface area (Å²) in [5, 5.41) is 0.680. The van der Waals surface area contributed by atoms with Crippen LogP contribution in [-0.4, -0.2) is 12.5 Å². The number of nitrogens with two attached hydrogens (primary N) is 1. The van der Waals surface area contributed by atoms with Gasteiger partial charge in [-0.1, -0.05) is 30.7 Å². The molecule has 0 spiro atoms. The number of benzene rings is 2. The highest BCUT2D eigenvalue weighted by Gasteiger charge is 2.09. The molecule has 2 N–H and O–H groups in total. The van der Waals surface area contributed by atoms with Gasteiger partial charge in [-0.3, -0.25) is 4.79 Å². The lowest BCUT2D eigenvalue weighted by Gasteiger charge is -2.11. The first-order valence-corrected chi connectivity index (χ1v) is 7.32. The molecular formula is C17H18ClNO3. The van der Waals surface area contributed by atoms with E-state index in [1.165, 1.54) is 0 Å². The zero-order valence-electron chi connectivity index (χ0n) is 12.3. The summed E-state index contributed by atoms with van der Waals surface area (Å²) in [6.07, 6.45) is 0. The van der Waals surface area contributed by atoms with Crippen molar-refractivity contribution in [3.63, 3.8) is 0 Å². The highest BCUT2D eigenvalue weighted by molar-refractivity contribution is 6.30. The van der Waals surface area contributed by atoms with Crippen LogP contribution in [0.5, 0.6) is 11.5 Å². The third-order valence-electron chi connectivity index (χ3n) is 3.13. The molecule has 2 aromatic rings. The van der Waals surface area contributed by atoms with Gasteiger partial charge < -0.3 is 15.2 Å². The van der Waals surface area contributed by atoms with Crippen LogP contribution in [0.1, 0.15) is 12.5 Å². The molecule has 0 saturated heterocycles. The topological polar surface area (TPSA) is 61.6 Å². The van der Waals surface area contributed by atoms with Gasteiger partial charge in [0.25, 0.3) is 0 Å². The van der Waals surface area contributed by atoms with Gasteiger partial charge in [0.15, 0.2) is 0 Å². The Bertz CT molecular complexity index is 611. The summed E-state index contributed by atoms with van der Waals surface area (Å²) in [4.78, 5) is 10.9. The van der Waals surface area contributed by atoms with E-state index in [0.29, 0.717) is 17.4 Å². The van der Waals surface area contributed by atoms with E-state index < -0.39 is 0 Å². The summed E-state index contributed by atoms with van der Waals surface area (Å²) >= 11 is 5.82. The van der Waals surface area contributed by atoms with Gasteiger partial charge >= 0.3 is 0 Å². The van der Waals surface area contributed by atoms with E-state index in [-0.39, 0.29) is 18.4 Å². The van der Waals surface area contributed by atoms with Crippen LogP contribution in [-0.2, 0) is 11.4 Å². The van der Waals surface area contributed by atoms with E-state index in [1.54, 1.807) is 19.1 Å². The van der Waals surface area contributed by atoms with Crippen molar-refractivity contribution in [2.24, 2.45) is 11.7 Å². The predicted octanol–water partition coefficient (Wildman–Crippen LogP) is 3.42. The maximum atomic E-state index is 10.9. The number of carbonyl (C=O) groups excluding carboxylic acids is 1. The minimum Gasteiger partial charge on any atom is -0.493 e. The molecule has 5 heteroatoms. The minimum atomic E-state index is -0.368. The summed E-state index contributed by atoms with van der Waals surface area (Å²) in [6.45, 7) is 2.46. The second kappa shape index (κ2) is 7.71. The summed E-state index contributed by atoms with van der Waals surface area (Å²) < 4.78 is 11.2. The van der Waals surface area contributed by atoms with Crippen LogP contribution >= 0.6 is 11.6 Å². The van der Waals surface area contributed by atoms with Crippen LogP contribution in [0.2, 0.25) is 5.02 Å². The smallest absolute Gasteiger partial charge is 0.223 e. The van der Waals surface area contributed by atoms with Crippen LogP contribution in [0.4, 0.5) is 0 Å². The Labute approximate surface area is 134 Å². The fourth-order valence-electron chi connectivity index (χ4n) is 1.68. The normalized spacial score (nSPS) is 11.7. The third kappa shape index (κ3) is 4.97. The number of rotatable bonds is 7. The Kier molecular flexibility index (Phi) is 5.67. The lowest BCUT2D eigenvalue weighted by molar-refractivity contribution is -0.122. The molecular weight excluding hydrogens is 302 g/mol. The molecule has 0 aliphatic carbocycles. The Morgan fingerprint density at radius 1 is 1.05 bits per heavy atom. The van der Waals surface area contributed by atoms with Crippen LogP contribution in [0.15, 0.2) is 48.5 Å². The molecule has 0 radical (unpaired) electrons. The molecule has 1 unspecified atom stereocenters. The first kappa shape index (κ1) is 16.2. The van der Waals surface area contributed by atoms with Gasteiger partial charge in [0.1, 0.15) is 18.1 Å². The second-order valence-corrected chi connectivity index (χ2v) is 5.44. The average Bonchev–Trinajstić information content (AvgIpc) is 2.53. The molecule has 1 atom stereocenters. The zero-order valence-corrected chi connectivity index (χ0v) is 13.0. The Morgan fingerprint density at radius 2 is 1.59 bits per heavy atom. The van der Waals surface area contributed by atoms with Gasteiger partial charge in [-0.05, 0) is 42.0 Å². The van der Waals surface area contributed by atoms with Gasteiger partial charge in [0, 0.05) is 5.02 Å². The average molecular weight is 320 g/mol. The van der Waals surface area contributed by atoms with Crippen molar-refractivity contribution >= 4 is 17.5 Å². The number of ether oxygens (including phenoxy) is 2. The molecule has 0 saturated carbocycles. The van der Waals surface area contributed by atoms with Crippen molar-refractivity contribution in [2.45, 2.75) is 13.5 Å². The van der Waals surface area contributed by atoms with Crippen molar-refractivity contribution in [1.29, 1.82) is 0 Å². The maximum Gasteiger partial charge on any atom is 0.223 e. The molecule has 0 fully saturated rings. The molecule has 22 heavy (non-hydrogen) atoms. The number of amides is 1. The molecule has 1 amide bonds. The molecule has 0 heterocycles. The first-order chi connectivity index (χ1) is 10.5. The molecule has 2 aromatic carbocycles. The largest absolute Gasteiger partial charge is 0.493 e. The van der Waals surface area contributed by atoms with Crippen molar-refractivity contribution in [3.05, 3.63) is 59.1 Å². The van der Waals surface area contributed by atoms with Gasteiger partial charge in [-0.15, -0.1) is 0 Å². The minimum absolute atomic E-state index is 0.274. The number of halogens is 1. The monoisotopic (exact) mass is 319 g/mol. The van der Waals surface area contributed by atoms with Crippen LogP contribution in [0, 0.1) is 5.92 Å². The fourth-order valence-corrected chi connectivity index (χ4v) is 1.81. The standard InChI is InChI=1S/C17H18ClNO3/c1-12(17(19)20)10-21-15-6-2-13(3-7-15)11-22-16-8-4-14(18)5-9-16/h2-9,12H,10-11H2,1H3,(H2,19,20). The molecule has 0 aliphatic rings. The highest BCUT2D eigenvalue weighted by Crippen LogP contribution is 2.18. The lowest BCUT2D eigenvalue weighted by Crippen LogP contribution is -2.25. The fraction of sp³-hybridized carbons (Fsp3) is 0.235. The molecule has 4 nitrogen and oxygen atoms in total. The Morgan fingerprint density at radius 3 is 2.18 bits per heavy atom. The van der Waals surface area contributed by atoms with E-state index in [9.17, 15) is 4.79 Å². The SMILES string of the molecule is CC(COc1ccc(COc2ccc(Cl)cc2)cc1)C(N)=O. The summed E-state index contributed by atoms with van der Waals surface area (Å²) in [6, 6.07) is 14.7. The van der Waals surface area contributed by atoms with E-state index in [2.05, 4.69) is 0 Å². The molecule has 2 rings (SSSR count). The summed E-state index contributed by atoms with van der Waals surface area (Å²) in [5.74, 6) is 0.782. The quantitative estimate of drug-likeness (QED) is 0.850. The van der Waals surface area contributed by atoms with Gasteiger partial charge in [-0.25, -0.2) is 0 Å². The summed E-state index contributed by atoms with van der Waals surface area (Å²) in [7, 11) is 0. The van der Waals surface area contributed by atoms with Gasteiger partial charge in [0.05, 0.1) is 12.5 Å². The van der Waals surface area contributed by atoms with Crippen LogP contribution in [0.25, 0.3) is 0 Å². The Hall–Kier alpha value is -2.20. The Balaban J connectivity index is 1.83. The van der Waals surface area contributed by atoms with E-state index in [4.69, 9.17) is 26.8 Å². The van der Waals surface area contributed by atoms with Crippen molar-refractivity contribution < 1.29 is 14.3 Å². The number of hydrogen-bond acceptors (Lipinski definition) is 3. The highest BCUT2D eigenvalue weighted by atomic mass is 35.5. The van der Waals surface area contributed by atoms with Crippen LogP contribution in [0.3, 0.4) is 0 Å². The van der Waals surface area contributed by atoms with Crippen LogP contribution < -0.4 is 15.2 Å². The number of carbonyl (C=O) groups is 1. The summed E-state index contributed by atoms with van der Waals surface area (Å²) in [5.41, 5.74) is 6.20. The number of primary amides is 1. The maximum absolute atomic E-state index is 10.9. The number of hydrogen-bond donors (Lipinski definition) is 1. The molecule has 116 valence electrons. The predicted molar refractivity (Wildman–Crippen MR) is 86.1 cm³/mol.